The Hall–Kier alpha value is -3.07. The molecule has 0 unspecified atom stereocenters. The normalized spacial score (nSPS) is 13.8. The zero-order valence-electron chi connectivity index (χ0n) is 22.0. The van der Waals surface area contributed by atoms with E-state index in [0.29, 0.717) is 23.7 Å². The molecule has 34 heavy (non-hydrogen) atoms. The van der Waals surface area contributed by atoms with Gasteiger partial charge >= 0.3 is 0 Å². The van der Waals surface area contributed by atoms with Crippen LogP contribution in [-0.4, -0.2) is 5.78 Å². The van der Waals surface area contributed by atoms with Gasteiger partial charge in [-0.25, -0.2) is 0 Å². The number of hydrogen-bond donors (Lipinski definition) is 2. The van der Waals surface area contributed by atoms with Crippen LogP contribution in [0, 0.1) is 0 Å². The highest BCUT2D eigenvalue weighted by atomic mass is 16.1. The topological polar surface area (TPSA) is 69.1 Å². The summed E-state index contributed by atoms with van der Waals surface area (Å²) in [7, 11) is 0. The summed E-state index contributed by atoms with van der Waals surface area (Å²) in [5.74, 6) is 1.20. The largest absolute Gasteiger partial charge is 0.398 e. The lowest BCUT2D eigenvalue weighted by atomic mass is 9.82. The van der Waals surface area contributed by atoms with Gasteiger partial charge in [-0.15, -0.1) is 0 Å². The number of nitrogens with two attached hydrogens (primary N) is 2. The summed E-state index contributed by atoms with van der Waals surface area (Å²) in [5.41, 5.74) is 24.0. The van der Waals surface area contributed by atoms with Crippen molar-refractivity contribution in [2.24, 2.45) is 0 Å². The molecule has 0 saturated carbocycles. The predicted octanol–water partition coefficient (Wildman–Crippen LogP) is 7.84. The van der Waals surface area contributed by atoms with Gasteiger partial charge in [-0.2, -0.15) is 0 Å². The minimum absolute atomic E-state index is 0.00851. The van der Waals surface area contributed by atoms with Crippen molar-refractivity contribution in [2.75, 3.05) is 11.5 Å². The maximum absolute atomic E-state index is 11.9. The summed E-state index contributed by atoms with van der Waals surface area (Å²) in [6, 6.07) is 8.92. The zero-order valence-corrected chi connectivity index (χ0v) is 22.0. The Morgan fingerprint density at radius 2 is 0.853 bits per heavy atom. The SMILES string of the molecule is CC(C)c1cc(C(=C2C=CC(=O)C=C2)c2cc(C(C)C)c(N)c(C(C)C)c2)cc(C(C)C)c1N. The van der Waals surface area contributed by atoms with Crippen LogP contribution in [-0.2, 0) is 4.79 Å². The molecule has 3 rings (SSSR count). The van der Waals surface area contributed by atoms with Crippen LogP contribution in [0.1, 0.15) is 112 Å². The Labute approximate surface area is 205 Å². The summed E-state index contributed by atoms with van der Waals surface area (Å²) in [6.45, 7) is 17.5. The lowest BCUT2D eigenvalue weighted by Crippen LogP contribution is -2.08. The van der Waals surface area contributed by atoms with Gasteiger partial charge in [0.05, 0.1) is 0 Å². The second kappa shape index (κ2) is 10.0. The molecule has 4 N–H and O–H groups in total. The second-order valence-electron chi connectivity index (χ2n) is 10.7. The number of carbonyl (C=O) groups excluding carboxylic acids is 1. The van der Waals surface area contributed by atoms with E-state index in [4.69, 9.17) is 11.5 Å². The minimum atomic E-state index is 0.00851. The molecule has 0 aromatic heterocycles. The third-order valence-corrected chi connectivity index (χ3v) is 6.70. The van der Waals surface area contributed by atoms with Crippen molar-refractivity contribution in [1.82, 2.24) is 0 Å². The standard InChI is InChI=1S/C31H40N2O/c1-17(2)25-13-22(14-26(18(3)4)30(25)32)29(21-9-11-24(34)12-10-21)23-15-27(19(5)6)31(33)28(16-23)20(7)8/h9-20H,32-33H2,1-8H3. The van der Waals surface area contributed by atoms with E-state index >= 15 is 0 Å². The number of ketones is 1. The van der Waals surface area contributed by atoms with Crippen molar-refractivity contribution in [3.05, 3.63) is 87.5 Å². The van der Waals surface area contributed by atoms with E-state index in [9.17, 15) is 4.79 Å². The Balaban J connectivity index is 2.44. The number of nitrogen functional groups attached to an aromatic ring is 2. The van der Waals surface area contributed by atoms with Gasteiger partial charge in [-0.3, -0.25) is 4.79 Å². The molecule has 2 aromatic rings. The van der Waals surface area contributed by atoms with Crippen LogP contribution >= 0.6 is 0 Å². The average Bonchev–Trinajstić information content (AvgIpc) is 2.76. The fraction of sp³-hybridized carbons (Fsp3) is 0.387. The molecule has 0 spiro atoms. The lowest BCUT2D eigenvalue weighted by molar-refractivity contribution is -0.110. The van der Waals surface area contributed by atoms with Crippen LogP contribution in [0.25, 0.3) is 5.57 Å². The summed E-state index contributed by atoms with van der Waals surface area (Å²) >= 11 is 0. The van der Waals surface area contributed by atoms with Gasteiger partial charge in [0.1, 0.15) is 0 Å². The van der Waals surface area contributed by atoms with Crippen molar-refractivity contribution < 1.29 is 4.79 Å². The van der Waals surface area contributed by atoms with Crippen LogP contribution in [0.5, 0.6) is 0 Å². The molecular weight excluding hydrogens is 416 g/mol. The third kappa shape index (κ3) is 5.04. The smallest absolute Gasteiger partial charge is 0.178 e. The van der Waals surface area contributed by atoms with E-state index < -0.39 is 0 Å². The fourth-order valence-corrected chi connectivity index (χ4v) is 4.72. The first kappa shape index (κ1) is 25.6. The summed E-state index contributed by atoms with van der Waals surface area (Å²) in [6.07, 6.45) is 7.14. The highest BCUT2D eigenvalue weighted by Crippen LogP contribution is 2.40. The molecule has 180 valence electrons. The minimum Gasteiger partial charge on any atom is -0.398 e. The Morgan fingerprint density at radius 3 is 1.12 bits per heavy atom. The number of hydrogen-bond acceptors (Lipinski definition) is 3. The molecule has 0 radical (unpaired) electrons. The molecule has 1 aliphatic carbocycles. The van der Waals surface area contributed by atoms with Crippen LogP contribution in [0.4, 0.5) is 11.4 Å². The van der Waals surface area contributed by atoms with Gasteiger partial charge in [0, 0.05) is 11.4 Å². The number of allylic oxidation sites excluding steroid dienone is 5. The van der Waals surface area contributed by atoms with E-state index in [2.05, 4.69) is 79.7 Å². The van der Waals surface area contributed by atoms with E-state index in [1.54, 1.807) is 12.2 Å². The molecule has 0 aliphatic heterocycles. The second-order valence-corrected chi connectivity index (χ2v) is 10.7. The lowest BCUT2D eigenvalue weighted by Gasteiger charge is -2.24. The fourth-order valence-electron chi connectivity index (χ4n) is 4.72. The van der Waals surface area contributed by atoms with Crippen LogP contribution in [0.2, 0.25) is 0 Å². The highest BCUT2D eigenvalue weighted by molar-refractivity contribution is 6.03. The number of anilines is 2. The van der Waals surface area contributed by atoms with Gasteiger partial charge in [0.25, 0.3) is 0 Å². The Morgan fingerprint density at radius 1 is 0.559 bits per heavy atom. The summed E-state index contributed by atoms with van der Waals surface area (Å²) in [4.78, 5) is 11.9. The molecule has 0 bridgehead atoms. The molecular formula is C31H40N2O. The van der Waals surface area contributed by atoms with E-state index in [1.165, 1.54) is 0 Å². The molecule has 2 aromatic carbocycles. The Bertz CT molecular complexity index is 1040. The first-order valence-electron chi connectivity index (χ1n) is 12.4. The highest BCUT2D eigenvalue weighted by Gasteiger charge is 2.21. The van der Waals surface area contributed by atoms with E-state index in [0.717, 1.165) is 55.9 Å². The number of carbonyl (C=O) groups is 1. The van der Waals surface area contributed by atoms with E-state index in [-0.39, 0.29) is 5.78 Å². The van der Waals surface area contributed by atoms with Crippen molar-refractivity contribution >= 4 is 22.7 Å². The van der Waals surface area contributed by atoms with Crippen LogP contribution in [0.15, 0.2) is 54.1 Å². The van der Waals surface area contributed by atoms with Crippen molar-refractivity contribution in [3.8, 4) is 0 Å². The quantitative estimate of drug-likeness (QED) is 0.435. The summed E-state index contributed by atoms with van der Waals surface area (Å²) < 4.78 is 0. The monoisotopic (exact) mass is 456 g/mol. The summed E-state index contributed by atoms with van der Waals surface area (Å²) in [5, 5.41) is 0. The molecule has 0 atom stereocenters. The van der Waals surface area contributed by atoms with Crippen LogP contribution in [0.3, 0.4) is 0 Å². The number of rotatable bonds is 6. The Kier molecular flexibility index (Phi) is 7.55. The maximum Gasteiger partial charge on any atom is 0.178 e. The van der Waals surface area contributed by atoms with Gasteiger partial charge in [0.2, 0.25) is 0 Å². The third-order valence-electron chi connectivity index (χ3n) is 6.70. The number of benzene rings is 2. The molecule has 0 saturated heterocycles. The van der Waals surface area contributed by atoms with Crippen molar-refractivity contribution in [3.63, 3.8) is 0 Å². The molecule has 0 heterocycles. The molecule has 0 fully saturated rings. The molecule has 1 aliphatic rings. The molecule has 3 heteroatoms. The van der Waals surface area contributed by atoms with Gasteiger partial charge < -0.3 is 11.5 Å². The first-order chi connectivity index (χ1) is 15.9. The first-order valence-corrected chi connectivity index (χ1v) is 12.4. The van der Waals surface area contributed by atoms with Crippen molar-refractivity contribution in [1.29, 1.82) is 0 Å². The zero-order chi connectivity index (χ0) is 25.3. The van der Waals surface area contributed by atoms with Crippen molar-refractivity contribution in [2.45, 2.75) is 79.1 Å². The van der Waals surface area contributed by atoms with Gasteiger partial charge in [-0.1, -0.05) is 67.5 Å². The predicted molar refractivity (Wildman–Crippen MR) is 147 cm³/mol. The van der Waals surface area contributed by atoms with Gasteiger partial charge in [0.15, 0.2) is 5.78 Å². The average molecular weight is 457 g/mol. The van der Waals surface area contributed by atoms with Gasteiger partial charge in [-0.05, 0) is 105 Å². The van der Waals surface area contributed by atoms with Crippen LogP contribution < -0.4 is 11.5 Å². The van der Waals surface area contributed by atoms with E-state index in [1.807, 2.05) is 12.2 Å². The molecule has 3 nitrogen and oxygen atoms in total. The maximum atomic E-state index is 11.9. The molecule has 0 amide bonds.